The molecule has 178 valence electrons. The fraction of sp³-hybridized carbons (Fsp3) is 0.583. The number of pyridine rings is 1. The van der Waals surface area contributed by atoms with Gasteiger partial charge in [-0.1, -0.05) is 18.6 Å². The highest BCUT2D eigenvalue weighted by Crippen LogP contribution is 2.26. The SMILES string of the molecule is CC[C@H](c1nnnn1C[C@H]1CCCO1)N(CCCO)Cc1cc2cc(C)cc(C)c2[nH]c1=O. The number of rotatable bonds is 10. The summed E-state index contributed by atoms with van der Waals surface area (Å²) in [5.41, 5.74) is 3.71. The molecule has 0 aliphatic carbocycles. The normalized spacial score (nSPS) is 17.3. The molecule has 0 radical (unpaired) electrons. The van der Waals surface area contributed by atoms with Crippen molar-refractivity contribution in [3.63, 3.8) is 0 Å². The van der Waals surface area contributed by atoms with Crippen molar-refractivity contribution in [2.24, 2.45) is 0 Å². The summed E-state index contributed by atoms with van der Waals surface area (Å²) in [5.74, 6) is 0.773. The van der Waals surface area contributed by atoms with Crippen molar-refractivity contribution in [2.45, 2.75) is 71.7 Å². The fourth-order valence-electron chi connectivity index (χ4n) is 4.85. The van der Waals surface area contributed by atoms with Gasteiger partial charge in [-0.3, -0.25) is 9.69 Å². The Labute approximate surface area is 193 Å². The van der Waals surface area contributed by atoms with E-state index in [9.17, 15) is 9.90 Å². The Morgan fingerprint density at radius 1 is 1.33 bits per heavy atom. The van der Waals surface area contributed by atoms with Crippen LogP contribution in [-0.4, -0.2) is 61.1 Å². The summed E-state index contributed by atoms with van der Waals surface area (Å²) >= 11 is 0. The van der Waals surface area contributed by atoms with Gasteiger partial charge in [0.1, 0.15) is 0 Å². The van der Waals surface area contributed by atoms with E-state index in [4.69, 9.17) is 4.74 Å². The standard InChI is InChI=1S/C24H34N6O3/c1-4-21(23-26-27-28-30(23)15-20-7-5-10-33-20)29(8-6-9-31)14-19-13-18-12-16(2)11-17(3)22(18)25-24(19)32/h11-13,20-21,31H,4-10,14-15H2,1-3H3,(H,25,32)/t20-,21-/m1/s1. The van der Waals surface area contributed by atoms with Crippen LogP contribution in [0.1, 0.15) is 61.2 Å². The fourth-order valence-corrected chi connectivity index (χ4v) is 4.85. The van der Waals surface area contributed by atoms with Crippen LogP contribution in [0.4, 0.5) is 0 Å². The summed E-state index contributed by atoms with van der Waals surface area (Å²) in [6, 6.07) is 6.08. The Hall–Kier alpha value is -2.62. The van der Waals surface area contributed by atoms with Gasteiger partial charge >= 0.3 is 0 Å². The number of nitrogens with one attached hydrogen (secondary N) is 1. The predicted octanol–water partition coefficient (Wildman–Crippen LogP) is 2.65. The first-order valence-electron chi connectivity index (χ1n) is 11.9. The Kier molecular flexibility index (Phi) is 7.52. The molecule has 9 nitrogen and oxygen atoms in total. The number of H-pyrrole nitrogens is 1. The number of tetrazole rings is 1. The highest BCUT2D eigenvalue weighted by Gasteiger charge is 2.27. The van der Waals surface area contributed by atoms with E-state index in [2.05, 4.69) is 51.4 Å². The van der Waals surface area contributed by atoms with E-state index < -0.39 is 0 Å². The predicted molar refractivity (Wildman–Crippen MR) is 126 cm³/mol. The molecule has 4 rings (SSSR count). The smallest absolute Gasteiger partial charge is 0.252 e. The van der Waals surface area contributed by atoms with E-state index in [1.807, 2.05) is 17.7 Å². The number of hydrogen-bond donors (Lipinski definition) is 2. The van der Waals surface area contributed by atoms with Crippen LogP contribution in [0.5, 0.6) is 0 Å². The van der Waals surface area contributed by atoms with Gasteiger partial charge in [0, 0.05) is 31.9 Å². The number of aliphatic hydroxyl groups excluding tert-OH is 1. The Morgan fingerprint density at radius 3 is 2.91 bits per heavy atom. The van der Waals surface area contributed by atoms with Gasteiger partial charge in [0.15, 0.2) is 5.82 Å². The van der Waals surface area contributed by atoms with Crippen molar-refractivity contribution in [3.8, 4) is 0 Å². The quantitative estimate of drug-likeness (QED) is 0.485. The number of aromatic amines is 1. The summed E-state index contributed by atoms with van der Waals surface area (Å²) in [6.07, 6.45) is 3.58. The van der Waals surface area contributed by atoms with E-state index in [1.165, 1.54) is 0 Å². The number of ether oxygens (including phenoxy) is 1. The van der Waals surface area contributed by atoms with E-state index in [-0.39, 0.29) is 24.3 Å². The molecule has 3 aromatic rings. The number of aryl methyl sites for hydroxylation is 2. The third kappa shape index (κ3) is 5.31. The molecule has 2 N–H and O–H groups in total. The van der Waals surface area contributed by atoms with Gasteiger partial charge in [-0.05, 0) is 73.0 Å². The largest absolute Gasteiger partial charge is 0.396 e. The van der Waals surface area contributed by atoms with Crippen molar-refractivity contribution >= 4 is 10.9 Å². The lowest BCUT2D eigenvalue weighted by Crippen LogP contribution is -2.34. The zero-order chi connectivity index (χ0) is 23.4. The van der Waals surface area contributed by atoms with Gasteiger partial charge in [0.25, 0.3) is 5.56 Å². The maximum Gasteiger partial charge on any atom is 0.252 e. The highest BCUT2D eigenvalue weighted by atomic mass is 16.5. The molecule has 1 fully saturated rings. The second-order valence-electron chi connectivity index (χ2n) is 9.00. The van der Waals surface area contributed by atoms with Crippen LogP contribution >= 0.6 is 0 Å². The van der Waals surface area contributed by atoms with Crippen LogP contribution in [0.15, 0.2) is 23.0 Å². The molecular formula is C24H34N6O3. The minimum atomic E-state index is -0.0859. The molecule has 1 aromatic carbocycles. The van der Waals surface area contributed by atoms with Gasteiger partial charge in [0.2, 0.25) is 0 Å². The van der Waals surface area contributed by atoms with E-state index in [0.717, 1.165) is 53.7 Å². The lowest BCUT2D eigenvalue weighted by Gasteiger charge is -2.30. The van der Waals surface area contributed by atoms with E-state index in [0.29, 0.717) is 31.6 Å². The molecule has 1 aliphatic heterocycles. The summed E-state index contributed by atoms with van der Waals surface area (Å²) in [7, 11) is 0. The van der Waals surface area contributed by atoms with Crippen LogP contribution < -0.4 is 5.56 Å². The van der Waals surface area contributed by atoms with Crippen LogP contribution in [0.3, 0.4) is 0 Å². The van der Waals surface area contributed by atoms with Gasteiger partial charge in [0.05, 0.1) is 24.2 Å². The molecule has 0 bridgehead atoms. The molecule has 0 unspecified atom stereocenters. The van der Waals surface area contributed by atoms with Crippen LogP contribution in [0.2, 0.25) is 0 Å². The summed E-state index contributed by atoms with van der Waals surface area (Å²) < 4.78 is 7.62. The van der Waals surface area contributed by atoms with E-state index >= 15 is 0 Å². The molecule has 0 saturated carbocycles. The van der Waals surface area contributed by atoms with Gasteiger partial charge < -0.3 is 14.8 Å². The van der Waals surface area contributed by atoms with Gasteiger partial charge in [-0.15, -0.1) is 5.10 Å². The molecule has 2 aromatic heterocycles. The maximum atomic E-state index is 13.0. The third-order valence-electron chi connectivity index (χ3n) is 6.43. The van der Waals surface area contributed by atoms with Gasteiger partial charge in [-0.2, -0.15) is 0 Å². The number of benzene rings is 1. The molecule has 9 heteroatoms. The summed E-state index contributed by atoms with van der Waals surface area (Å²) in [4.78, 5) is 18.3. The number of fused-ring (bicyclic) bond motifs is 1. The molecule has 2 atom stereocenters. The lowest BCUT2D eigenvalue weighted by atomic mass is 10.0. The topological polar surface area (TPSA) is 109 Å². The third-order valence-corrected chi connectivity index (χ3v) is 6.43. The minimum Gasteiger partial charge on any atom is -0.396 e. The number of nitrogens with zero attached hydrogens (tertiary/aromatic N) is 5. The van der Waals surface area contributed by atoms with Crippen LogP contribution in [-0.2, 0) is 17.8 Å². The van der Waals surface area contributed by atoms with Crippen molar-refractivity contribution in [1.29, 1.82) is 0 Å². The number of aliphatic hydroxyl groups is 1. The average molecular weight is 455 g/mol. The van der Waals surface area contributed by atoms with Crippen molar-refractivity contribution in [1.82, 2.24) is 30.1 Å². The Balaban J connectivity index is 1.65. The zero-order valence-corrected chi connectivity index (χ0v) is 19.8. The number of hydrogen-bond acceptors (Lipinski definition) is 7. The summed E-state index contributed by atoms with van der Waals surface area (Å²) in [6.45, 7) is 8.74. The molecule has 33 heavy (non-hydrogen) atoms. The first-order valence-corrected chi connectivity index (χ1v) is 11.9. The molecule has 1 aliphatic rings. The first-order chi connectivity index (χ1) is 16.0. The molecule has 3 heterocycles. The minimum absolute atomic E-state index is 0.0812. The van der Waals surface area contributed by atoms with E-state index in [1.54, 1.807) is 0 Å². The second-order valence-corrected chi connectivity index (χ2v) is 9.00. The van der Waals surface area contributed by atoms with Crippen LogP contribution in [0.25, 0.3) is 10.9 Å². The number of aromatic nitrogens is 5. The van der Waals surface area contributed by atoms with Crippen molar-refractivity contribution in [2.75, 3.05) is 19.8 Å². The molecule has 0 amide bonds. The summed E-state index contributed by atoms with van der Waals surface area (Å²) in [5, 5.41) is 23.1. The average Bonchev–Trinajstić information content (AvgIpc) is 3.46. The monoisotopic (exact) mass is 454 g/mol. The van der Waals surface area contributed by atoms with Crippen molar-refractivity contribution in [3.05, 3.63) is 51.1 Å². The second kappa shape index (κ2) is 10.5. The zero-order valence-electron chi connectivity index (χ0n) is 19.8. The van der Waals surface area contributed by atoms with Crippen molar-refractivity contribution < 1.29 is 9.84 Å². The van der Waals surface area contributed by atoms with Gasteiger partial charge in [-0.25, -0.2) is 4.68 Å². The molecular weight excluding hydrogens is 420 g/mol. The Morgan fingerprint density at radius 2 is 2.18 bits per heavy atom. The maximum absolute atomic E-state index is 13.0. The Bertz CT molecular complexity index is 1130. The lowest BCUT2D eigenvalue weighted by molar-refractivity contribution is 0.0888. The highest BCUT2D eigenvalue weighted by molar-refractivity contribution is 5.82. The van der Waals surface area contributed by atoms with Crippen LogP contribution in [0, 0.1) is 13.8 Å². The first kappa shape index (κ1) is 23.5. The molecule has 1 saturated heterocycles. The molecule has 0 spiro atoms.